The summed E-state index contributed by atoms with van der Waals surface area (Å²) in [6.45, 7) is 6.79. The van der Waals surface area contributed by atoms with Crippen LogP contribution < -0.4 is 5.14 Å². The summed E-state index contributed by atoms with van der Waals surface area (Å²) in [5.41, 5.74) is 0. The molecule has 1 unspecified atom stereocenters. The average molecular weight is 194 g/mol. The number of hydrogen-bond donors (Lipinski definition) is 1. The van der Waals surface area contributed by atoms with E-state index in [9.17, 15) is 8.42 Å². The highest BCUT2D eigenvalue weighted by molar-refractivity contribution is 7.86. The van der Waals surface area contributed by atoms with Crippen LogP contribution in [-0.4, -0.2) is 25.8 Å². The van der Waals surface area contributed by atoms with Crippen LogP contribution in [0.4, 0.5) is 0 Å². The van der Waals surface area contributed by atoms with Gasteiger partial charge < -0.3 is 0 Å². The van der Waals surface area contributed by atoms with Gasteiger partial charge in [0.15, 0.2) is 0 Å². The molecule has 0 amide bonds. The third-order valence-electron chi connectivity index (χ3n) is 1.92. The van der Waals surface area contributed by atoms with E-state index in [4.69, 9.17) is 5.14 Å². The van der Waals surface area contributed by atoms with Crippen LogP contribution in [0, 0.1) is 5.92 Å². The van der Waals surface area contributed by atoms with Crippen molar-refractivity contribution in [3.05, 3.63) is 0 Å². The minimum absolute atomic E-state index is 0.364. The molecule has 0 aliphatic heterocycles. The van der Waals surface area contributed by atoms with Crippen LogP contribution in [0.1, 0.15) is 27.2 Å². The van der Waals surface area contributed by atoms with Gasteiger partial charge in [0.25, 0.3) is 10.2 Å². The summed E-state index contributed by atoms with van der Waals surface area (Å²) in [5, 5.41) is 4.99. The number of nitrogens with two attached hydrogens (primary N) is 1. The van der Waals surface area contributed by atoms with E-state index in [-0.39, 0.29) is 0 Å². The first-order valence-corrected chi connectivity index (χ1v) is 5.70. The van der Waals surface area contributed by atoms with E-state index in [2.05, 4.69) is 0 Å². The summed E-state index contributed by atoms with van der Waals surface area (Å²) in [6, 6.07) is 0. The molecule has 4 nitrogen and oxygen atoms in total. The van der Waals surface area contributed by atoms with Gasteiger partial charge in [-0.3, -0.25) is 0 Å². The quantitative estimate of drug-likeness (QED) is 0.695. The molecular weight excluding hydrogens is 176 g/mol. The maximum Gasteiger partial charge on any atom is 0.276 e. The third-order valence-corrected chi connectivity index (χ3v) is 3.05. The molecule has 0 aromatic carbocycles. The van der Waals surface area contributed by atoms with Crippen molar-refractivity contribution < 1.29 is 8.42 Å². The van der Waals surface area contributed by atoms with Crippen molar-refractivity contribution in [2.24, 2.45) is 11.1 Å². The van der Waals surface area contributed by atoms with Crippen molar-refractivity contribution in [2.45, 2.75) is 27.2 Å². The van der Waals surface area contributed by atoms with Crippen molar-refractivity contribution in [1.82, 2.24) is 4.31 Å². The smallest absolute Gasteiger partial charge is 0.216 e. The Bertz CT molecular complexity index is 213. The summed E-state index contributed by atoms with van der Waals surface area (Å²) in [4.78, 5) is 0. The maximum absolute atomic E-state index is 10.9. The molecule has 0 aromatic heterocycles. The van der Waals surface area contributed by atoms with Gasteiger partial charge in [-0.15, -0.1) is 0 Å². The molecule has 5 heteroatoms. The molecule has 2 N–H and O–H groups in total. The Morgan fingerprint density at radius 3 is 2.17 bits per heavy atom. The van der Waals surface area contributed by atoms with Crippen LogP contribution in [0.3, 0.4) is 0 Å². The van der Waals surface area contributed by atoms with Crippen molar-refractivity contribution in [1.29, 1.82) is 0 Å². The molecule has 0 spiro atoms. The normalized spacial score (nSPS) is 15.1. The summed E-state index contributed by atoms with van der Waals surface area (Å²) in [7, 11) is -3.49. The highest BCUT2D eigenvalue weighted by Gasteiger charge is 2.16. The van der Waals surface area contributed by atoms with Gasteiger partial charge in [-0.2, -0.15) is 12.7 Å². The topological polar surface area (TPSA) is 63.4 Å². The fraction of sp³-hybridized carbons (Fsp3) is 1.00. The van der Waals surface area contributed by atoms with Crippen LogP contribution in [0.5, 0.6) is 0 Å². The van der Waals surface area contributed by atoms with E-state index in [0.717, 1.165) is 6.42 Å². The summed E-state index contributed by atoms with van der Waals surface area (Å²) in [5.74, 6) is 0.364. The number of hydrogen-bond acceptors (Lipinski definition) is 2. The Hall–Kier alpha value is -0.130. The van der Waals surface area contributed by atoms with Gasteiger partial charge in [0.1, 0.15) is 0 Å². The minimum Gasteiger partial charge on any atom is -0.216 e. The van der Waals surface area contributed by atoms with Crippen molar-refractivity contribution in [3.63, 3.8) is 0 Å². The van der Waals surface area contributed by atoms with Crippen LogP contribution in [0.2, 0.25) is 0 Å². The molecule has 0 aliphatic carbocycles. The van der Waals surface area contributed by atoms with E-state index < -0.39 is 10.2 Å². The third kappa shape index (κ3) is 4.04. The first-order valence-electron chi connectivity index (χ1n) is 4.19. The van der Waals surface area contributed by atoms with Gasteiger partial charge in [-0.1, -0.05) is 27.2 Å². The van der Waals surface area contributed by atoms with Crippen LogP contribution in [-0.2, 0) is 10.2 Å². The van der Waals surface area contributed by atoms with E-state index in [0.29, 0.717) is 19.0 Å². The molecule has 0 aliphatic rings. The van der Waals surface area contributed by atoms with E-state index in [1.165, 1.54) is 4.31 Å². The molecule has 1 atom stereocenters. The zero-order valence-corrected chi connectivity index (χ0v) is 8.76. The van der Waals surface area contributed by atoms with Gasteiger partial charge in [-0.05, 0) is 5.92 Å². The van der Waals surface area contributed by atoms with Crippen molar-refractivity contribution in [2.75, 3.05) is 13.1 Å². The monoisotopic (exact) mass is 194 g/mol. The molecule has 0 rings (SSSR count). The Balaban J connectivity index is 4.20. The highest BCUT2D eigenvalue weighted by Crippen LogP contribution is 2.05. The lowest BCUT2D eigenvalue weighted by Gasteiger charge is -2.20. The van der Waals surface area contributed by atoms with Crippen molar-refractivity contribution in [3.8, 4) is 0 Å². The maximum atomic E-state index is 10.9. The second-order valence-electron chi connectivity index (χ2n) is 3.01. The van der Waals surface area contributed by atoms with Gasteiger partial charge in [0.2, 0.25) is 0 Å². The largest absolute Gasteiger partial charge is 0.276 e. The average Bonchev–Trinajstić information content (AvgIpc) is 1.97. The second-order valence-corrected chi connectivity index (χ2v) is 4.56. The van der Waals surface area contributed by atoms with Crippen LogP contribution in [0.25, 0.3) is 0 Å². The Kier molecular flexibility index (Phi) is 4.74. The standard InChI is InChI=1S/C7H18N2O2S/c1-4-7(3)6-9(5-2)12(8,10)11/h7H,4-6H2,1-3H3,(H2,8,10,11). The van der Waals surface area contributed by atoms with Gasteiger partial charge in [0.05, 0.1) is 0 Å². The molecule has 0 saturated carbocycles. The summed E-state index contributed by atoms with van der Waals surface area (Å²) < 4.78 is 23.1. The molecule has 0 aromatic rings. The van der Waals surface area contributed by atoms with Crippen molar-refractivity contribution >= 4 is 10.2 Å². The first-order chi connectivity index (χ1) is 5.41. The Morgan fingerprint density at radius 2 is 1.92 bits per heavy atom. The molecule has 0 radical (unpaired) electrons. The predicted octanol–water partition coefficient (Wildman–Crippen LogP) is 0.558. The first kappa shape index (κ1) is 11.9. The summed E-state index contributed by atoms with van der Waals surface area (Å²) in [6.07, 6.45) is 0.964. The fourth-order valence-corrected chi connectivity index (χ4v) is 1.71. The summed E-state index contributed by atoms with van der Waals surface area (Å²) >= 11 is 0. The Morgan fingerprint density at radius 1 is 1.42 bits per heavy atom. The SMILES string of the molecule is CCC(C)CN(CC)S(N)(=O)=O. The number of rotatable bonds is 5. The second kappa shape index (κ2) is 4.79. The molecule has 0 saturated heterocycles. The molecule has 0 fully saturated rings. The fourth-order valence-electron chi connectivity index (χ4n) is 0.890. The zero-order chi connectivity index (χ0) is 9.78. The van der Waals surface area contributed by atoms with Gasteiger partial charge in [0, 0.05) is 13.1 Å². The van der Waals surface area contributed by atoms with E-state index >= 15 is 0 Å². The minimum atomic E-state index is -3.49. The molecular formula is C7H18N2O2S. The predicted molar refractivity (Wildman–Crippen MR) is 49.8 cm³/mol. The van der Waals surface area contributed by atoms with Crippen LogP contribution >= 0.6 is 0 Å². The van der Waals surface area contributed by atoms with Gasteiger partial charge in [-0.25, -0.2) is 5.14 Å². The van der Waals surface area contributed by atoms with Gasteiger partial charge >= 0.3 is 0 Å². The lowest BCUT2D eigenvalue weighted by Crippen LogP contribution is -2.39. The lowest BCUT2D eigenvalue weighted by molar-refractivity contribution is 0.362. The zero-order valence-electron chi connectivity index (χ0n) is 7.95. The lowest BCUT2D eigenvalue weighted by atomic mass is 10.1. The van der Waals surface area contributed by atoms with E-state index in [1.54, 1.807) is 6.92 Å². The molecule has 0 heterocycles. The highest BCUT2D eigenvalue weighted by atomic mass is 32.2. The van der Waals surface area contributed by atoms with Crippen LogP contribution in [0.15, 0.2) is 0 Å². The molecule has 0 bridgehead atoms. The Labute approximate surface area is 74.9 Å². The molecule has 74 valence electrons. The van der Waals surface area contributed by atoms with E-state index in [1.807, 2.05) is 13.8 Å². The molecule has 12 heavy (non-hydrogen) atoms. The number of nitrogens with zero attached hydrogens (tertiary/aromatic N) is 1.